The number of hydrogen-bond donors (Lipinski definition) is 1. The number of halogens is 2. The minimum Gasteiger partial charge on any atom is -0.481 e. The summed E-state index contributed by atoms with van der Waals surface area (Å²) in [5.74, 6) is -3.64. The number of carboxylic acid groups (broad SMARTS) is 1. The number of aryl methyl sites for hydroxylation is 1. The van der Waals surface area contributed by atoms with Gasteiger partial charge in [0.05, 0.1) is 18.3 Å². The van der Waals surface area contributed by atoms with Crippen LogP contribution >= 0.6 is 0 Å². The summed E-state index contributed by atoms with van der Waals surface area (Å²) in [5, 5.41) is 8.82. The summed E-state index contributed by atoms with van der Waals surface area (Å²) in [5.41, 5.74) is 1.02. The van der Waals surface area contributed by atoms with Crippen molar-refractivity contribution in [3.05, 3.63) is 59.2 Å². The minimum absolute atomic E-state index is 0.0496. The normalized spacial score (nSPS) is 10.5. The van der Waals surface area contributed by atoms with Gasteiger partial charge < -0.3 is 10.0 Å². The maximum absolute atomic E-state index is 13.3. The van der Waals surface area contributed by atoms with Gasteiger partial charge in [0, 0.05) is 19.3 Å². The van der Waals surface area contributed by atoms with E-state index in [1.807, 2.05) is 0 Å². The lowest BCUT2D eigenvalue weighted by Gasteiger charge is -2.21. The molecule has 0 radical (unpaired) electrons. The molecule has 1 aromatic carbocycles. The van der Waals surface area contributed by atoms with Crippen LogP contribution < -0.4 is 0 Å². The first kappa shape index (κ1) is 17.5. The van der Waals surface area contributed by atoms with Gasteiger partial charge in [-0.05, 0) is 24.6 Å². The molecule has 2 aromatic rings. The van der Waals surface area contributed by atoms with Crippen LogP contribution in [0.5, 0.6) is 0 Å². The summed E-state index contributed by atoms with van der Waals surface area (Å²) >= 11 is 0. The van der Waals surface area contributed by atoms with Gasteiger partial charge in [0.1, 0.15) is 5.69 Å². The molecule has 0 aliphatic heterocycles. The monoisotopic (exact) mass is 335 g/mol. The highest BCUT2D eigenvalue weighted by atomic mass is 19.2. The fourth-order valence-electron chi connectivity index (χ4n) is 2.01. The van der Waals surface area contributed by atoms with E-state index < -0.39 is 23.5 Å². The average Bonchev–Trinajstić information content (AvgIpc) is 2.54. The molecule has 0 saturated carbocycles. The van der Waals surface area contributed by atoms with Gasteiger partial charge in [-0.25, -0.2) is 13.8 Å². The molecule has 24 heavy (non-hydrogen) atoms. The maximum atomic E-state index is 13.3. The second-order valence-electron chi connectivity index (χ2n) is 5.16. The maximum Gasteiger partial charge on any atom is 0.305 e. The first-order valence-electron chi connectivity index (χ1n) is 7.10. The molecule has 0 unspecified atom stereocenters. The summed E-state index contributed by atoms with van der Waals surface area (Å²) < 4.78 is 26.3. The Labute approximate surface area is 136 Å². The summed E-state index contributed by atoms with van der Waals surface area (Å²) in [6, 6.07) is 3.26. The van der Waals surface area contributed by atoms with Gasteiger partial charge in [-0.2, -0.15) is 0 Å². The van der Waals surface area contributed by atoms with Crippen molar-refractivity contribution in [2.45, 2.75) is 19.9 Å². The predicted octanol–water partition coefficient (Wildman–Crippen LogP) is 2.18. The van der Waals surface area contributed by atoms with Gasteiger partial charge >= 0.3 is 5.97 Å². The zero-order valence-electron chi connectivity index (χ0n) is 12.9. The average molecular weight is 335 g/mol. The summed E-state index contributed by atoms with van der Waals surface area (Å²) in [4.78, 5) is 32.4. The molecule has 1 amide bonds. The lowest BCUT2D eigenvalue weighted by Crippen LogP contribution is -2.33. The molecule has 8 heteroatoms. The van der Waals surface area contributed by atoms with Crippen molar-refractivity contribution in [3.63, 3.8) is 0 Å². The second kappa shape index (κ2) is 7.58. The van der Waals surface area contributed by atoms with Gasteiger partial charge in [0.15, 0.2) is 11.6 Å². The van der Waals surface area contributed by atoms with Crippen molar-refractivity contribution in [1.29, 1.82) is 0 Å². The Bertz CT molecular complexity index is 751. The molecule has 0 bridgehead atoms. The van der Waals surface area contributed by atoms with Crippen LogP contribution in [0, 0.1) is 18.6 Å². The fraction of sp³-hybridized carbons (Fsp3) is 0.250. The van der Waals surface area contributed by atoms with Crippen molar-refractivity contribution in [3.8, 4) is 0 Å². The minimum atomic E-state index is -1.08. The molecule has 0 spiro atoms. The molecule has 0 aliphatic rings. The van der Waals surface area contributed by atoms with Gasteiger partial charge in [-0.3, -0.25) is 14.6 Å². The SMILES string of the molecule is Cc1cnc(C(=O)N(CCC(=O)O)Cc2ccc(F)c(F)c2)cn1. The molecule has 0 aliphatic carbocycles. The molecular formula is C16H15F2N3O3. The number of nitrogens with zero attached hydrogens (tertiary/aromatic N) is 3. The van der Waals surface area contributed by atoms with E-state index in [1.165, 1.54) is 23.4 Å². The largest absolute Gasteiger partial charge is 0.481 e. The summed E-state index contributed by atoms with van der Waals surface area (Å²) in [7, 11) is 0. The van der Waals surface area contributed by atoms with Crippen LogP contribution in [0.25, 0.3) is 0 Å². The van der Waals surface area contributed by atoms with Crippen molar-refractivity contribution in [2.75, 3.05) is 6.54 Å². The Balaban J connectivity index is 2.22. The molecule has 1 heterocycles. The van der Waals surface area contributed by atoms with Gasteiger partial charge in [-0.1, -0.05) is 6.07 Å². The Morgan fingerprint density at radius 2 is 1.92 bits per heavy atom. The van der Waals surface area contributed by atoms with Gasteiger partial charge in [-0.15, -0.1) is 0 Å². The number of rotatable bonds is 6. The van der Waals surface area contributed by atoms with Crippen molar-refractivity contribution in [2.24, 2.45) is 0 Å². The van der Waals surface area contributed by atoms with E-state index in [4.69, 9.17) is 5.11 Å². The first-order chi connectivity index (χ1) is 11.4. The molecule has 1 N–H and O–H groups in total. The quantitative estimate of drug-likeness (QED) is 0.875. The Kier molecular flexibility index (Phi) is 5.51. The first-order valence-corrected chi connectivity index (χ1v) is 7.10. The Morgan fingerprint density at radius 3 is 2.50 bits per heavy atom. The van der Waals surface area contributed by atoms with E-state index in [1.54, 1.807) is 6.92 Å². The van der Waals surface area contributed by atoms with E-state index >= 15 is 0 Å². The molecular weight excluding hydrogens is 320 g/mol. The standard InChI is InChI=1S/C16H15F2N3O3/c1-10-7-20-14(8-19-10)16(24)21(5-4-15(22)23)9-11-2-3-12(17)13(18)6-11/h2-3,6-8H,4-5,9H2,1H3,(H,22,23). The fourth-order valence-corrected chi connectivity index (χ4v) is 2.01. The zero-order valence-corrected chi connectivity index (χ0v) is 12.9. The lowest BCUT2D eigenvalue weighted by molar-refractivity contribution is -0.137. The Hall–Kier alpha value is -2.90. The zero-order chi connectivity index (χ0) is 17.7. The number of aromatic nitrogens is 2. The summed E-state index contributed by atoms with van der Waals surface area (Å²) in [6.07, 6.45) is 2.42. The summed E-state index contributed by atoms with van der Waals surface area (Å²) in [6.45, 7) is 1.55. The van der Waals surface area contributed by atoms with E-state index in [2.05, 4.69) is 9.97 Å². The molecule has 0 atom stereocenters. The van der Waals surface area contributed by atoms with E-state index in [9.17, 15) is 18.4 Å². The van der Waals surface area contributed by atoms with E-state index in [0.717, 1.165) is 12.1 Å². The third kappa shape index (κ3) is 4.55. The molecule has 126 valence electrons. The van der Waals surface area contributed by atoms with E-state index in [-0.39, 0.29) is 25.2 Å². The number of carbonyl (C=O) groups excluding carboxylic acids is 1. The van der Waals surface area contributed by atoms with Crippen LogP contribution in [0.3, 0.4) is 0 Å². The number of amides is 1. The van der Waals surface area contributed by atoms with Crippen LogP contribution in [0.15, 0.2) is 30.6 Å². The molecule has 0 saturated heterocycles. The highest BCUT2D eigenvalue weighted by Gasteiger charge is 2.19. The highest BCUT2D eigenvalue weighted by molar-refractivity contribution is 5.92. The third-order valence-electron chi connectivity index (χ3n) is 3.24. The van der Waals surface area contributed by atoms with Crippen LogP contribution in [0.1, 0.15) is 28.2 Å². The van der Waals surface area contributed by atoms with Crippen molar-refractivity contribution in [1.82, 2.24) is 14.9 Å². The number of hydrogen-bond acceptors (Lipinski definition) is 4. The van der Waals surface area contributed by atoms with E-state index in [0.29, 0.717) is 11.3 Å². The van der Waals surface area contributed by atoms with Crippen LogP contribution in [-0.4, -0.2) is 38.4 Å². The highest BCUT2D eigenvalue weighted by Crippen LogP contribution is 2.13. The smallest absolute Gasteiger partial charge is 0.305 e. The number of aliphatic carboxylic acids is 1. The molecule has 1 aromatic heterocycles. The van der Waals surface area contributed by atoms with Crippen LogP contribution in [-0.2, 0) is 11.3 Å². The topological polar surface area (TPSA) is 83.4 Å². The van der Waals surface area contributed by atoms with Crippen molar-refractivity contribution >= 4 is 11.9 Å². The van der Waals surface area contributed by atoms with Crippen LogP contribution in [0.2, 0.25) is 0 Å². The number of carboxylic acids is 1. The van der Waals surface area contributed by atoms with Gasteiger partial charge in [0.25, 0.3) is 5.91 Å². The molecule has 0 fully saturated rings. The third-order valence-corrected chi connectivity index (χ3v) is 3.24. The second-order valence-corrected chi connectivity index (χ2v) is 5.16. The number of benzene rings is 1. The predicted molar refractivity (Wildman–Crippen MR) is 80.1 cm³/mol. The lowest BCUT2D eigenvalue weighted by atomic mass is 10.2. The molecule has 2 rings (SSSR count). The van der Waals surface area contributed by atoms with Crippen molar-refractivity contribution < 1.29 is 23.5 Å². The number of carbonyl (C=O) groups is 2. The van der Waals surface area contributed by atoms with Crippen LogP contribution in [0.4, 0.5) is 8.78 Å². The molecule has 6 nitrogen and oxygen atoms in total. The van der Waals surface area contributed by atoms with Gasteiger partial charge in [0.2, 0.25) is 0 Å². The Morgan fingerprint density at radius 1 is 1.17 bits per heavy atom.